The van der Waals surface area contributed by atoms with E-state index in [0.717, 1.165) is 10.9 Å². The lowest BCUT2D eigenvalue weighted by molar-refractivity contribution is 0.532. The first-order valence-electron chi connectivity index (χ1n) is 4.98. The molecule has 1 aromatic carbocycles. The third-order valence-corrected chi connectivity index (χ3v) is 3.18. The molecule has 1 heterocycles. The fourth-order valence-corrected chi connectivity index (χ4v) is 2.24. The van der Waals surface area contributed by atoms with E-state index in [9.17, 15) is 8.78 Å². The standard InChI is InChI=1S/C11H11F2N3S/c12-8-1-7(2-9(13)3-8)11(16-14)4-10-5-15-6-17-10/h1-3,5-6,11,16H,4,14H2. The van der Waals surface area contributed by atoms with Crippen molar-refractivity contribution in [2.75, 3.05) is 0 Å². The van der Waals surface area contributed by atoms with Gasteiger partial charge in [0.15, 0.2) is 0 Å². The van der Waals surface area contributed by atoms with Crippen LogP contribution < -0.4 is 11.3 Å². The van der Waals surface area contributed by atoms with E-state index < -0.39 is 11.6 Å². The van der Waals surface area contributed by atoms with Crippen LogP contribution in [0.25, 0.3) is 0 Å². The maximum absolute atomic E-state index is 13.1. The van der Waals surface area contributed by atoms with Crippen molar-refractivity contribution >= 4 is 11.3 Å². The Morgan fingerprint density at radius 1 is 1.29 bits per heavy atom. The summed E-state index contributed by atoms with van der Waals surface area (Å²) in [4.78, 5) is 4.94. The summed E-state index contributed by atoms with van der Waals surface area (Å²) < 4.78 is 26.2. The topological polar surface area (TPSA) is 50.9 Å². The van der Waals surface area contributed by atoms with Gasteiger partial charge >= 0.3 is 0 Å². The predicted octanol–water partition coefficient (Wildman–Crippen LogP) is 2.17. The first-order chi connectivity index (χ1) is 8.19. The van der Waals surface area contributed by atoms with Crippen LogP contribution in [-0.2, 0) is 6.42 Å². The van der Waals surface area contributed by atoms with E-state index >= 15 is 0 Å². The number of nitrogens with two attached hydrogens (primary N) is 1. The summed E-state index contributed by atoms with van der Waals surface area (Å²) in [6, 6.07) is 3.05. The van der Waals surface area contributed by atoms with Crippen molar-refractivity contribution in [2.45, 2.75) is 12.5 Å². The molecular weight excluding hydrogens is 244 g/mol. The summed E-state index contributed by atoms with van der Waals surface area (Å²) >= 11 is 1.48. The molecule has 0 bridgehead atoms. The van der Waals surface area contributed by atoms with Crippen molar-refractivity contribution in [1.29, 1.82) is 0 Å². The molecule has 6 heteroatoms. The molecule has 2 rings (SSSR count). The van der Waals surface area contributed by atoms with E-state index in [4.69, 9.17) is 5.84 Å². The number of halogens is 2. The van der Waals surface area contributed by atoms with Gasteiger partial charge in [-0.2, -0.15) is 0 Å². The number of hydrogen-bond acceptors (Lipinski definition) is 4. The van der Waals surface area contributed by atoms with Gasteiger partial charge in [0.1, 0.15) is 11.6 Å². The average molecular weight is 255 g/mol. The third kappa shape index (κ3) is 3.06. The number of thiazole rings is 1. The Labute approximate surface area is 101 Å². The molecule has 0 saturated carbocycles. The molecule has 0 spiro atoms. The lowest BCUT2D eigenvalue weighted by Crippen LogP contribution is -2.29. The number of hydrazine groups is 1. The number of benzene rings is 1. The molecule has 3 N–H and O–H groups in total. The second-order valence-electron chi connectivity index (χ2n) is 3.59. The quantitative estimate of drug-likeness (QED) is 0.650. The van der Waals surface area contributed by atoms with E-state index in [2.05, 4.69) is 10.4 Å². The monoisotopic (exact) mass is 255 g/mol. The predicted molar refractivity (Wildman–Crippen MR) is 62.2 cm³/mol. The minimum absolute atomic E-state index is 0.333. The van der Waals surface area contributed by atoms with Crippen LogP contribution in [0.1, 0.15) is 16.5 Å². The molecule has 90 valence electrons. The summed E-state index contributed by atoms with van der Waals surface area (Å²) in [5.41, 5.74) is 4.74. The molecule has 0 saturated heterocycles. The highest BCUT2D eigenvalue weighted by molar-refractivity contribution is 7.09. The first-order valence-corrected chi connectivity index (χ1v) is 5.86. The van der Waals surface area contributed by atoms with Gasteiger partial charge in [-0.3, -0.25) is 16.3 Å². The first kappa shape index (κ1) is 12.1. The van der Waals surface area contributed by atoms with Gasteiger partial charge in [-0.1, -0.05) is 0 Å². The van der Waals surface area contributed by atoms with Gasteiger partial charge in [-0.25, -0.2) is 8.78 Å². The van der Waals surface area contributed by atoms with Crippen LogP contribution in [0.2, 0.25) is 0 Å². The van der Waals surface area contributed by atoms with Crippen molar-refractivity contribution in [3.8, 4) is 0 Å². The van der Waals surface area contributed by atoms with Crippen LogP contribution in [0.3, 0.4) is 0 Å². The zero-order valence-electron chi connectivity index (χ0n) is 8.86. The number of nitrogens with zero attached hydrogens (tertiary/aromatic N) is 1. The molecule has 1 unspecified atom stereocenters. The van der Waals surface area contributed by atoms with E-state index in [1.807, 2.05) is 0 Å². The molecule has 0 aliphatic carbocycles. The number of aromatic nitrogens is 1. The minimum atomic E-state index is -0.607. The van der Waals surface area contributed by atoms with E-state index in [-0.39, 0.29) is 6.04 Å². The van der Waals surface area contributed by atoms with Gasteiger partial charge in [-0.05, 0) is 17.7 Å². The molecule has 0 amide bonds. The second kappa shape index (κ2) is 5.31. The Balaban J connectivity index is 2.22. The molecule has 0 fully saturated rings. The van der Waals surface area contributed by atoms with Crippen LogP contribution in [0, 0.1) is 11.6 Å². The van der Waals surface area contributed by atoms with Crippen LogP contribution in [0.15, 0.2) is 29.9 Å². The SMILES string of the molecule is NNC(Cc1cncs1)c1cc(F)cc(F)c1. The Kier molecular flexibility index (Phi) is 3.78. The average Bonchev–Trinajstić information content (AvgIpc) is 2.77. The van der Waals surface area contributed by atoms with Crippen LogP contribution in [-0.4, -0.2) is 4.98 Å². The highest BCUT2D eigenvalue weighted by Crippen LogP contribution is 2.21. The largest absolute Gasteiger partial charge is 0.271 e. The Hall–Kier alpha value is -1.37. The minimum Gasteiger partial charge on any atom is -0.271 e. The number of hydrogen-bond donors (Lipinski definition) is 2. The lowest BCUT2D eigenvalue weighted by atomic mass is 10.0. The number of nitrogens with one attached hydrogen (secondary N) is 1. The summed E-state index contributed by atoms with van der Waals surface area (Å²) in [6.07, 6.45) is 2.26. The van der Waals surface area contributed by atoms with Crippen LogP contribution in [0.5, 0.6) is 0 Å². The zero-order valence-corrected chi connectivity index (χ0v) is 9.68. The summed E-state index contributed by atoms with van der Waals surface area (Å²) in [7, 11) is 0. The van der Waals surface area contributed by atoms with Gasteiger partial charge in [0.05, 0.1) is 11.6 Å². The molecule has 17 heavy (non-hydrogen) atoms. The molecule has 3 nitrogen and oxygen atoms in total. The van der Waals surface area contributed by atoms with Crippen LogP contribution in [0.4, 0.5) is 8.78 Å². The van der Waals surface area contributed by atoms with Gasteiger partial charge in [0, 0.05) is 23.6 Å². The Bertz CT molecular complexity index is 467. The van der Waals surface area contributed by atoms with Crippen molar-refractivity contribution in [2.24, 2.45) is 5.84 Å². The highest BCUT2D eigenvalue weighted by atomic mass is 32.1. The van der Waals surface area contributed by atoms with Gasteiger partial charge in [0.25, 0.3) is 0 Å². The van der Waals surface area contributed by atoms with Crippen molar-refractivity contribution in [1.82, 2.24) is 10.4 Å². The maximum atomic E-state index is 13.1. The lowest BCUT2D eigenvalue weighted by Gasteiger charge is -2.15. The second-order valence-corrected chi connectivity index (χ2v) is 4.56. The molecule has 0 radical (unpaired) electrons. The molecule has 1 atom stereocenters. The summed E-state index contributed by atoms with van der Waals surface area (Å²) in [5, 5.41) is 0. The fourth-order valence-electron chi connectivity index (χ4n) is 1.59. The van der Waals surface area contributed by atoms with Gasteiger partial charge < -0.3 is 0 Å². The van der Waals surface area contributed by atoms with Crippen molar-refractivity contribution in [3.05, 3.63) is 52.0 Å². The maximum Gasteiger partial charge on any atom is 0.126 e. The van der Waals surface area contributed by atoms with Crippen molar-refractivity contribution in [3.63, 3.8) is 0 Å². The summed E-state index contributed by atoms with van der Waals surface area (Å²) in [6.45, 7) is 0. The number of rotatable bonds is 4. The molecule has 1 aromatic heterocycles. The summed E-state index contributed by atoms with van der Waals surface area (Å²) in [5.74, 6) is 4.20. The van der Waals surface area contributed by atoms with Gasteiger partial charge in [0.2, 0.25) is 0 Å². The van der Waals surface area contributed by atoms with E-state index in [1.54, 1.807) is 11.7 Å². The smallest absolute Gasteiger partial charge is 0.126 e. The van der Waals surface area contributed by atoms with Crippen LogP contribution >= 0.6 is 11.3 Å². The molecular formula is C11H11F2N3S. The molecule has 0 aliphatic heterocycles. The molecule has 0 aliphatic rings. The highest BCUT2D eigenvalue weighted by Gasteiger charge is 2.13. The van der Waals surface area contributed by atoms with E-state index in [0.29, 0.717) is 12.0 Å². The normalized spacial score (nSPS) is 12.6. The molecule has 2 aromatic rings. The fraction of sp³-hybridized carbons (Fsp3) is 0.182. The Morgan fingerprint density at radius 3 is 2.53 bits per heavy atom. The van der Waals surface area contributed by atoms with Crippen molar-refractivity contribution < 1.29 is 8.78 Å². The van der Waals surface area contributed by atoms with E-state index in [1.165, 1.54) is 23.5 Å². The third-order valence-electron chi connectivity index (χ3n) is 2.38. The zero-order chi connectivity index (χ0) is 12.3. The van der Waals surface area contributed by atoms with Gasteiger partial charge in [-0.15, -0.1) is 11.3 Å². The Morgan fingerprint density at radius 2 is 2.00 bits per heavy atom.